The van der Waals surface area contributed by atoms with E-state index in [-0.39, 0.29) is 0 Å². The van der Waals surface area contributed by atoms with E-state index in [2.05, 4.69) is 38.2 Å². The van der Waals surface area contributed by atoms with Crippen molar-refractivity contribution >= 4 is 11.9 Å². The number of aromatic nitrogens is 3. The summed E-state index contributed by atoms with van der Waals surface area (Å²) in [6.45, 7) is 4.88. The van der Waals surface area contributed by atoms with Gasteiger partial charge in [0.1, 0.15) is 11.4 Å². The van der Waals surface area contributed by atoms with Gasteiger partial charge < -0.3 is 19.0 Å². The van der Waals surface area contributed by atoms with Crippen LogP contribution in [0.25, 0.3) is 11.8 Å². The number of pyridine rings is 1. The minimum atomic E-state index is -0.684. The van der Waals surface area contributed by atoms with E-state index in [1.54, 1.807) is 19.6 Å². The molecule has 1 atom stereocenters. The van der Waals surface area contributed by atoms with Crippen molar-refractivity contribution in [1.82, 2.24) is 19.4 Å². The topological polar surface area (TPSA) is 64.8 Å². The average molecular weight is 415 g/mol. The second-order valence-corrected chi connectivity index (χ2v) is 7.98. The lowest BCUT2D eigenvalue weighted by Crippen LogP contribution is -2.47. The molecule has 1 fully saturated rings. The molecule has 158 valence electrons. The Kier molecular flexibility index (Phi) is 4.73. The minimum absolute atomic E-state index is 0.684. The lowest BCUT2D eigenvalue weighted by atomic mass is 9.97. The summed E-state index contributed by atoms with van der Waals surface area (Å²) in [5.41, 5.74) is 4.31. The maximum atomic E-state index is 5.94. The second-order valence-electron chi connectivity index (χ2n) is 7.98. The normalized spacial score (nSPS) is 21.6. The Bertz CT molecular complexity index is 1170. The van der Waals surface area contributed by atoms with Gasteiger partial charge in [-0.2, -0.15) is 0 Å². The predicted molar refractivity (Wildman–Crippen MR) is 119 cm³/mol. The summed E-state index contributed by atoms with van der Waals surface area (Å²) in [6.07, 6.45) is 9.72. The molecule has 3 aromatic rings. The summed E-state index contributed by atoms with van der Waals surface area (Å²) < 4.78 is 7.64. The van der Waals surface area contributed by atoms with Crippen LogP contribution >= 0.6 is 0 Å². The molecule has 1 saturated heterocycles. The minimum Gasteiger partial charge on any atom is -0.495 e. The van der Waals surface area contributed by atoms with Gasteiger partial charge >= 0.3 is 0 Å². The van der Waals surface area contributed by atoms with Crippen molar-refractivity contribution in [1.29, 1.82) is 0 Å². The number of imidazole rings is 1. The molecular weight excluding hydrogens is 390 g/mol. The SMILES string of the molecule is COc1cc(C=C2CCCN3C2=NOC3(C)c2ccccn2)ccc1-n1cnc(C)c1. The summed E-state index contributed by atoms with van der Waals surface area (Å²) in [6, 6.07) is 12.1. The summed E-state index contributed by atoms with van der Waals surface area (Å²) in [7, 11) is 1.69. The third-order valence-electron chi connectivity index (χ3n) is 5.87. The number of fused-ring (bicyclic) bond motifs is 1. The molecule has 4 heterocycles. The lowest BCUT2D eigenvalue weighted by Gasteiger charge is -2.36. The molecule has 2 aliphatic rings. The molecule has 0 N–H and O–H groups in total. The van der Waals surface area contributed by atoms with Crippen LogP contribution in [0.4, 0.5) is 0 Å². The standard InChI is InChI=1S/C24H25N5O2/c1-17-15-28(16-26-17)20-10-9-18(14-21(20)30-3)13-19-7-6-12-29-23(19)27-31-24(29,2)22-8-4-5-11-25-22/h4-5,8-11,13-16H,6-7,12H2,1-3H3. The number of benzene rings is 1. The fourth-order valence-corrected chi connectivity index (χ4v) is 4.23. The quantitative estimate of drug-likeness (QED) is 0.636. The van der Waals surface area contributed by atoms with Gasteiger partial charge in [0.2, 0.25) is 0 Å². The van der Waals surface area contributed by atoms with Crippen LogP contribution in [0.1, 0.15) is 36.7 Å². The van der Waals surface area contributed by atoms with E-state index in [4.69, 9.17) is 9.57 Å². The number of oxime groups is 1. The summed E-state index contributed by atoms with van der Waals surface area (Å²) in [4.78, 5) is 17.0. The second kappa shape index (κ2) is 7.58. The molecule has 0 spiro atoms. The molecule has 2 aromatic heterocycles. The number of hydrogen-bond acceptors (Lipinski definition) is 6. The Balaban J connectivity index is 1.46. The van der Waals surface area contributed by atoms with E-state index in [1.165, 1.54) is 0 Å². The summed E-state index contributed by atoms with van der Waals surface area (Å²) >= 11 is 0. The molecule has 5 rings (SSSR count). The van der Waals surface area contributed by atoms with Gasteiger partial charge in [-0.05, 0) is 61.2 Å². The largest absolute Gasteiger partial charge is 0.495 e. The zero-order valence-corrected chi connectivity index (χ0v) is 17.9. The highest BCUT2D eigenvalue weighted by Gasteiger charge is 2.46. The molecule has 7 heteroatoms. The van der Waals surface area contributed by atoms with E-state index in [9.17, 15) is 0 Å². The summed E-state index contributed by atoms with van der Waals surface area (Å²) in [5.74, 6) is 1.68. The molecule has 0 bridgehead atoms. The van der Waals surface area contributed by atoms with E-state index in [0.717, 1.165) is 59.2 Å². The van der Waals surface area contributed by atoms with E-state index in [1.807, 2.05) is 48.9 Å². The Labute approximate surface area is 181 Å². The molecule has 0 radical (unpaired) electrons. The zero-order valence-electron chi connectivity index (χ0n) is 17.9. The summed E-state index contributed by atoms with van der Waals surface area (Å²) in [5, 5.41) is 4.47. The first-order valence-electron chi connectivity index (χ1n) is 10.4. The molecule has 31 heavy (non-hydrogen) atoms. The van der Waals surface area contributed by atoms with Crippen molar-refractivity contribution in [3.8, 4) is 11.4 Å². The first-order valence-corrected chi connectivity index (χ1v) is 10.4. The number of piperidine rings is 1. The van der Waals surface area contributed by atoms with Crippen LogP contribution in [0.2, 0.25) is 0 Å². The van der Waals surface area contributed by atoms with Gasteiger partial charge in [-0.15, -0.1) is 0 Å². The van der Waals surface area contributed by atoms with Gasteiger partial charge in [0, 0.05) is 25.9 Å². The third kappa shape index (κ3) is 3.36. The molecule has 7 nitrogen and oxygen atoms in total. The number of amidine groups is 1. The third-order valence-corrected chi connectivity index (χ3v) is 5.87. The average Bonchev–Trinajstić information content (AvgIpc) is 3.39. The molecule has 2 aliphatic heterocycles. The molecule has 1 unspecified atom stereocenters. The van der Waals surface area contributed by atoms with Gasteiger partial charge in [0.25, 0.3) is 5.72 Å². The Morgan fingerprint density at radius 2 is 2.10 bits per heavy atom. The lowest BCUT2D eigenvalue weighted by molar-refractivity contribution is -0.0944. The molecule has 1 aromatic carbocycles. The van der Waals surface area contributed by atoms with Crippen molar-refractivity contribution in [2.75, 3.05) is 13.7 Å². The van der Waals surface area contributed by atoms with Crippen LogP contribution in [0, 0.1) is 6.92 Å². The molecule has 0 aliphatic carbocycles. The van der Waals surface area contributed by atoms with Gasteiger partial charge in [0.05, 0.1) is 24.8 Å². The highest BCUT2D eigenvalue weighted by molar-refractivity contribution is 6.03. The van der Waals surface area contributed by atoms with Crippen molar-refractivity contribution < 1.29 is 9.57 Å². The molecule has 0 amide bonds. The number of methoxy groups -OCH3 is 1. The van der Waals surface area contributed by atoms with Crippen LogP contribution in [0.15, 0.2) is 65.8 Å². The monoisotopic (exact) mass is 415 g/mol. The Hall–Kier alpha value is -3.61. The fraction of sp³-hybridized carbons (Fsp3) is 0.292. The van der Waals surface area contributed by atoms with Crippen molar-refractivity contribution in [2.24, 2.45) is 5.16 Å². The highest BCUT2D eigenvalue weighted by Crippen LogP contribution is 2.39. The first kappa shape index (κ1) is 19.4. The maximum absolute atomic E-state index is 5.94. The van der Waals surface area contributed by atoms with Gasteiger partial charge in [-0.1, -0.05) is 17.3 Å². The Morgan fingerprint density at radius 1 is 1.19 bits per heavy atom. The molecule has 0 saturated carbocycles. The van der Waals surface area contributed by atoms with Crippen LogP contribution in [-0.4, -0.2) is 38.9 Å². The smallest absolute Gasteiger partial charge is 0.251 e. The van der Waals surface area contributed by atoms with Crippen molar-refractivity contribution in [2.45, 2.75) is 32.4 Å². The van der Waals surface area contributed by atoms with Crippen molar-refractivity contribution in [3.63, 3.8) is 0 Å². The maximum Gasteiger partial charge on any atom is 0.251 e. The fourth-order valence-electron chi connectivity index (χ4n) is 4.23. The number of aryl methyl sites for hydroxylation is 1. The first-order chi connectivity index (χ1) is 15.1. The number of ether oxygens (including phenoxy) is 1. The van der Waals surface area contributed by atoms with E-state index >= 15 is 0 Å². The predicted octanol–water partition coefficient (Wildman–Crippen LogP) is 4.28. The highest BCUT2D eigenvalue weighted by atomic mass is 16.7. The van der Waals surface area contributed by atoms with E-state index < -0.39 is 5.72 Å². The van der Waals surface area contributed by atoms with Gasteiger partial charge in [-0.25, -0.2) is 4.98 Å². The van der Waals surface area contributed by atoms with Crippen molar-refractivity contribution in [3.05, 3.63) is 77.6 Å². The van der Waals surface area contributed by atoms with Crippen LogP contribution < -0.4 is 4.74 Å². The van der Waals surface area contributed by atoms with Crippen LogP contribution in [0.5, 0.6) is 5.75 Å². The van der Waals surface area contributed by atoms with Crippen LogP contribution in [0.3, 0.4) is 0 Å². The van der Waals surface area contributed by atoms with Gasteiger partial charge in [0.15, 0.2) is 5.84 Å². The number of hydrogen-bond donors (Lipinski definition) is 0. The zero-order chi connectivity index (χ0) is 21.4. The Morgan fingerprint density at radius 3 is 2.84 bits per heavy atom. The molecular formula is C24H25N5O2. The number of nitrogens with zero attached hydrogens (tertiary/aromatic N) is 5. The van der Waals surface area contributed by atoms with Crippen LogP contribution in [-0.2, 0) is 10.6 Å². The number of rotatable bonds is 4. The van der Waals surface area contributed by atoms with Gasteiger partial charge in [-0.3, -0.25) is 4.98 Å². The van der Waals surface area contributed by atoms with E-state index in [0.29, 0.717) is 0 Å².